The Labute approximate surface area is 96.8 Å². The summed E-state index contributed by atoms with van der Waals surface area (Å²) in [7, 11) is 0. The van der Waals surface area contributed by atoms with E-state index in [1.165, 1.54) is 25.7 Å². The van der Waals surface area contributed by atoms with E-state index < -0.39 is 0 Å². The van der Waals surface area contributed by atoms with Crippen LogP contribution in [0.2, 0.25) is 0 Å². The Balaban J connectivity index is 4.20. The Hall–Kier alpha value is -0.0400. The van der Waals surface area contributed by atoms with Crippen LogP contribution in [0.1, 0.15) is 73.6 Å². The highest BCUT2D eigenvalue weighted by Crippen LogP contribution is 2.34. The molecule has 0 fully saturated rings. The minimum atomic E-state index is -0.0109. The van der Waals surface area contributed by atoms with Gasteiger partial charge in [0.15, 0.2) is 0 Å². The van der Waals surface area contributed by atoms with Gasteiger partial charge >= 0.3 is 0 Å². The molecule has 0 saturated carbocycles. The van der Waals surface area contributed by atoms with Crippen molar-refractivity contribution in [3.63, 3.8) is 0 Å². The minimum Gasteiger partial charge on any atom is -0.326 e. The Morgan fingerprint density at radius 3 is 1.87 bits per heavy atom. The van der Waals surface area contributed by atoms with Crippen LogP contribution in [-0.4, -0.2) is 5.54 Å². The van der Waals surface area contributed by atoms with Gasteiger partial charge in [-0.25, -0.2) is 0 Å². The third-order valence-corrected chi connectivity index (χ3v) is 3.16. The number of rotatable bonds is 7. The van der Waals surface area contributed by atoms with Crippen molar-refractivity contribution in [1.82, 2.24) is 0 Å². The van der Waals surface area contributed by atoms with Crippen LogP contribution in [0.4, 0.5) is 0 Å². The molecule has 0 heterocycles. The lowest BCUT2D eigenvalue weighted by Crippen LogP contribution is -2.35. The SMILES string of the molecule is CCCC(C)(C)CC(CC)CC(C)(C)N. The highest BCUT2D eigenvalue weighted by atomic mass is 14.7. The van der Waals surface area contributed by atoms with E-state index >= 15 is 0 Å². The smallest absolute Gasteiger partial charge is 0.00996 e. The molecule has 1 atom stereocenters. The summed E-state index contributed by atoms with van der Waals surface area (Å²) in [6.45, 7) is 13.6. The lowest BCUT2D eigenvalue weighted by atomic mass is 9.75. The normalized spacial score (nSPS) is 15.4. The first-order valence-electron chi connectivity index (χ1n) is 6.49. The number of hydrogen-bond acceptors (Lipinski definition) is 1. The quantitative estimate of drug-likeness (QED) is 0.668. The van der Waals surface area contributed by atoms with E-state index in [0.717, 1.165) is 12.3 Å². The summed E-state index contributed by atoms with van der Waals surface area (Å²) < 4.78 is 0. The Morgan fingerprint density at radius 1 is 1.00 bits per heavy atom. The van der Waals surface area contributed by atoms with Gasteiger partial charge in [-0.05, 0) is 44.4 Å². The molecule has 0 rings (SSSR count). The molecular formula is C14H31N. The van der Waals surface area contributed by atoms with Gasteiger partial charge in [0, 0.05) is 5.54 Å². The fraction of sp³-hybridized carbons (Fsp3) is 1.00. The predicted octanol–water partition coefficient (Wildman–Crippen LogP) is 4.36. The van der Waals surface area contributed by atoms with Crippen molar-refractivity contribution in [2.75, 3.05) is 0 Å². The maximum absolute atomic E-state index is 6.10. The highest BCUT2D eigenvalue weighted by Gasteiger charge is 2.25. The maximum atomic E-state index is 6.10. The molecule has 92 valence electrons. The van der Waals surface area contributed by atoms with E-state index in [1.807, 2.05) is 0 Å². The minimum absolute atomic E-state index is 0.0109. The summed E-state index contributed by atoms with van der Waals surface area (Å²) >= 11 is 0. The van der Waals surface area contributed by atoms with Crippen LogP contribution in [0.25, 0.3) is 0 Å². The molecule has 1 heteroatoms. The van der Waals surface area contributed by atoms with Gasteiger partial charge in [0.25, 0.3) is 0 Å². The average Bonchev–Trinajstić information content (AvgIpc) is 1.99. The van der Waals surface area contributed by atoms with Gasteiger partial charge < -0.3 is 5.73 Å². The van der Waals surface area contributed by atoms with Crippen LogP contribution in [0.5, 0.6) is 0 Å². The maximum Gasteiger partial charge on any atom is 0.00996 e. The summed E-state index contributed by atoms with van der Waals surface area (Å²) in [5, 5.41) is 0. The zero-order chi connectivity index (χ0) is 12.1. The van der Waals surface area contributed by atoms with Crippen molar-refractivity contribution in [3.8, 4) is 0 Å². The van der Waals surface area contributed by atoms with Crippen molar-refractivity contribution < 1.29 is 0 Å². The first-order chi connectivity index (χ1) is 6.70. The zero-order valence-electron chi connectivity index (χ0n) is 11.7. The molecule has 2 N–H and O–H groups in total. The van der Waals surface area contributed by atoms with Gasteiger partial charge in [0.2, 0.25) is 0 Å². The summed E-state index contributed by atoms with van der Waals surface area (Å²) in [5.74, 6) is 0.784. The molecular weight excluding hydrogens is 182 g/mol. The second-order valence-electron chi connectivity index (χ2n) is 6.59. The molecule has 0 aromatic carbocycles. The molecule has 0 radical (unpaired) electrons. The number of hydrogen-bond donors (Lipinski definition) is 1. The molecule has 0 amide bonds. The van der Waals surface area contributed by atoms with Crippen LogP contribution in [0, 0.1) is 11.3 Å². The first-order valence-corrected chi connectivity index (χ1v) is 6.49. The Kier molecular flexibility index (Phi) is 5.87. The van der Waals surface area contributed by atoms with E-state index in [2.05, 4.69) is 41.5 Å². The molecule has 0 aliphatic rings. The van der Waals surface area contributed by atoms with Crippen molar-refractivity contribution in [2.45, 2.75) is 79.2 Å². The second-order valence-corrected chi connectivity index (χ2v) is 6.59. The van der Waals surface area contributed by atoms with Gasteiger partial charge in [-0.1, -0.05) is 40.5 Å². The third-order valence-electron chi connectivity index (χ3n) is 3.16. The van der Waals surface area contributed by atoms with Crippen molar-refractivity contribution in [2.24, 2.45) is 17.1 Å². The lowest BCUT2D eigenvalue weighted by Gasteiger charge is -2.32. The van der Waals surface area contributed by atoms with Crippen LogP contribution in [0.15, 0.2) is 0 Å². The summed E-state index contributed by atoms with van der Waals surface area (Å²) in [5.41, 5.74) is 6.58. The van der Waals surface area contributed by atoms with E-state index in [-0.39, 0.29) is 5.54 Å². The van der Waals surface area contributed by atoms with Gasteiger partial charge in [-0.15, -0.1) is 0 Å². The standard InChI is InChI=1S/C14H31N/c1-7-9-13(3,4)10-12(8-2)11-14(5,6)15/h12H,7-11,15H2,1-6H3. The molecule has 1 unspecified atom stereocenters. The molecule has 0 aliphatic carbocycles. The Morgan fingerprint density at radius 2 is 1.53 bits per heavy atom. The second kappa shape index (κ2) is 5.89. The first kappa shape index (κ1) is 15.0. The van der Waals surface area contributed by atoms with Crippen molar-refractivity contribution in [3.05, 3.63) is 0 Å². The fourth-order valence-electron chi connectivity index (χ4n) is 2.67. The van der Waals surface area contributed by atoms with Crippen LogP contribution >= 0.6 is 0 Å². The monoisotopic (exact) mass is 213 g/mol. The summed E-state index contributed by atoms with van der Waals surface area (Å²) in [6.07, 6.45) is 6.34. The fourth-order valence-corrected chi connectivity index (χ4v) is 2.67. The molecule has 0 saturated heterocycles. The molecule has 0 bridgehead atoms. The van der Waals surface area contributed by atoms with Crippen molar-refractivity contribution in [1.29, 1.82) is 0 Å². The van der Waals surface area contributed by atoms with E-state index in [1.54, 1.807) is 0 Å². The van der Waals surface area contributed by atoms with Crippen LogP contribution in [0.3, 0.4) is 0 Å². The number of nitrogens with two attached hydrogens (primary N) is 1. The van der Waals surface area contributed by atoms with Crippen LogP contribution in [-0.2, 0) is 0 Å². The largest absolute Gasteiger partial charge is 0.326 e. The van der Waals surface area contributed by atoms with E-state index in [0.29, 0.717) is 5.41 Å². The topological polar surface area (TPSA) is 26.0 Å². The molecule has 0 spiro atoms. The average molecular weight is 213 g/mol. The summed E-state index contributed by atoms with van der Waals surface area (Å²) in [6, 6.07) is 0. The van der Waals surface area contributed by atoms with Crippen LogP contribution < -0.4 is 5.73 Å². The van der Waals surface area contributed by atoms with E-state index in [9.17, 15) is 0 Å². The predicted molar refractivity (Wildman–Crippen MR) is 70.0 cm³/mol. The molecule has 15 heavy (non-hydrogen) atoms. The Bertz CT molecular complexity index is 165. The molecule has 0 aromatic heterocycles. The molecule has 0 aromatic rings. The van der Waals surface area contributed by atoms with Gasteiger partial charge in [0.05, 0.1) is 0 Å². The van der Waals surface area contributed by atoms with Gasteiger partial charge in [0.1, 0.15) is 0 Å². The van der Waals surface area contributed by atoms with Gasteiger partial charge in [-0.3, -0.25) is 0 Å². The summed E-state index contributed by atoms with van der Waals surface area (Å²) in [4.78, 5) is 0. The van der Waals surface area contributed by atoms with E-state index in [4.69, 9.17) is 5.73 Å². The van der Waals surface area contributed by atoms with Gasteiger partial charge in [-0.2, -0.15) is 0 Å². The third kappa shape index (κ3) is 7.84. The molecule has 1 nitrogen and oxygen atoms in total. The molecule has 0 aliphatic heterocycles. The van der Waals surface area contributed by atoms with Crippen molar-refractivity contribution >= 4 is 0 Å². The highest BCUT2D eigenvalue weighted by molar-refractivity contribution is 4.80. The lowest BCUT2D eigenvalue weighted by molar-refractivity contribution is 0.211. The zero-order valence-corrected chi connectivity index (χ0v) is 11.7.